The molecule has 0 heterocycles. The number of aliphatic hydroxyl groups excluding tert-OH is 1. The van der Waals surface area contributed by atoms with Crippen molar-refractivity contribution in [3.8, 4) is 0 Å². The lowest BCUT2D eigenvalue weighted by molar-refractivity contribution is -0.142. The highest BCUT2D eigenvalue weighted by Gasteiger charge is 2.21. The number of rotatable bonds is 7. The summed E-state index contributed by atoms with van der Waals surface area (Å²) in [4.78, 5) is 10.8. The van der Waals surface area contributed by atoms with Crippen LogP contribution in [0.3, 0.4) is 0 Å². The number of carbonyl (C=O) groups excluding carboxylic acids is 1. The van der Waals surface area contributed by atoms with Gasteiger partial charge in [0.2, 0.25) is 0 Å². The molecule has 0 aromatic heterocycles. The van der Waals surface area contributed by atoms with E-state index in [0.29, 0.717) is 0 Å². The largest absolute Gasteiger partial charge is 0.460 e. The summed E-state index contributed by atoms with van der Waals surface area (Å²) in [6.45, 7) is 5.71. The molecule has 1 aliphatic carbocycles. The Labute approximate surface area is 109 Å². The van der Waals surface area contributed by atoms with E-state index in [1.165, 1.54) is 19.3 Å². The SMILES string of the molecule is C=CC(=O)OCC(O)COC1CCC(CC)CC1. The van der Waals surface area contributed by atoms with Crippen molar-refractivity contribution in [3.63, 3.8) is 0 Å². The van der Waals surface area contributed by atoms with Crippen molar-refractivity contribution >= 4 is 5.97 Å². The molecule has 1 rings (SSSR count). The molecule has 0 aromatic carbocycles. The number of esters is 1. The average Bonchev–Trinajstić information content (AvgIpc) is 2.42. The lowest BCUT2D eigenvalue weighted by Gasteiger charge is -2.28. The number of aliphatic hydroxyl groups is 1. The molecule has 1 atom stereocenters. The van der Waals surface area contributed by atoms with Gasteiger partial charge in [-0.3, -0.25) is 0 Å². The van der Waals surface area contributed by atoms with Crippen LogP contribution in [0, 0.1) is 5.92 Å². The van der Waals surface area contributed by atoms with Gasteiger partial charge in [-0.25, -0.2) is 4.79 Å². The topological polar surface area (TPSA) is 55.8 Å². The van der Waals surface area contributed by atoms with Gasteiger partial charge in [0.1, 0.15) is 12.7 Å². The molecule has 0 spiro atoms. The molecule has 1 unspecified atom stereocenters. The number of ether oxygens (including phenoxy) is 2. The smallest absolute Gasteiger partial charge is 0.330 e. The molecule has 0 aliphatic heterocycles. The molecule has 0 aromatic rings. The van der Waals surface area contributed by atoms with Crippen LogP contribution in [0.15, 0.2) is 12.7 Å². The molecular weight excluding hydrogens is 232 g/mol. The predicted octanol–water partition coefficient (Wildman–Crippen LogP) is 2.06. The van der Waals surface area contributed by atoms with Gasteiger partial charge in [-0.1, -0.05) is 19.9 Å². The van der Waals surface area contributed by atoms with Crippen LogP contribution in [-0.2, 0) is 14.3 Å². The summed E-state index contributed by atoms with van der Waals surface area (Å²) in [5.74, 6) is 0.320. The minimum atomic E-state index is -0.752. The minimum absolute atomic E-state index is 0.0326. The Morgan fingerprint density at radius 1 is 1.39 bits per heavy atom. The highest BCUT2D eigenvalue weighted by molar-refractivity contribution is 5.81. The fourth-order valence-electron chi connectivity index (χ4n) is 2.24. The van der Waals surface area contributed by atoms with E-state index < -0.39 is 12.1 Å². The summed E-state index contributed by atoms with van der Waals surface area (Å²) < 4.78 is 10.4. The summed E-state index contributed by atoms with van der Waals surface area (Å²) >= 11 is 0. The quantitative estimate of drug-likeness (QED) is 0.559. The predicted molar refractivity (Wildman–Crippen MR) is 69.2 cm³/mol. The second-order valence-corrected chi connectivity index (χ2v) is 4.87. The second kappa shape index (κ2) is 8.27. The highest BCUT2D eigenvalue weighted by Crippen LogP contribution is 2.28. The molecule has 1 N–H and O–H groups in total. The molecule has 4 nitrogen and oxygen atoms in total. The summed E-state index contributed by atoms with van der Waals surface area (Å²) in [5.41, 5.74) is 0. The van der Waals surface area contributed by atoms with E-state index in [1.807, 2.05) is 0 Å². The molecule has 0 amide bonds. The molecular formula is C14H24O4. The molecule has 1 aliphatic rings. The van der Waals surface area contributed by atoms with Gasteiger partial charge in [-0.15, -0.1) is 0 Å². The van der Waals surface area contributed by atoms with Crippen molar-refractivity contribution in [1.29, 1.82) is 0 Å². The number of hydrogen-bond acceptors (Lipinski definition) is 4. The molecule has 4 heteroatoms. The number of hydrogen-bond donors (Lipinski definition) is 1. The maximum Gasteiger partial charge on any atom is 0.330 e. The Bertz CT molecular complexity index is 257. The van der Waals surface area contributed by atoms with Crippen molar-refractivity contribution in [2.75, 3.05) is 13.2 Å². The zero-order chi connectivity index (χ0) is 13.4. The Balaban J connectivity index is 2.09. The average molecular weight is 256 g/mol. The van der Waals surface area contributed by atoms with Gasteiger partial charge in [0, 0.05) is 6.08 Å². The Morgan fingerprint density at radius 3 is 2.61 bits per heavy atom. The highest BCUT2D eigenvalue weighted by atomic mass is 16.5. The summed E-state index contributed by atoms with van der Waals surface area (Å²) in [6.07, 6.45) is 6.38. The molecule has 18 heavy (non-hydrogen) atoms. The normalized spacial score (nSPS) is 25.4. The van der Waals surface area contributed by atoms with E-state index in [2.05, 4.69) is 13.5 Å². The van der Waals surface area contributed by atoms with Crippen molar-refractivity contribution in [2.45, 2.75) is 51.2 Å². The third-order valence-corrected chi connectivity index (χ3v) is 3.48. The van der Waals surface area contributed by atoms with E-state index in [9.17, 15) is 9.90 Å². The standard InChI is InChI=1S/C14H24O4/c1-3-11-5-7-13(8-6-11)17-9-12(15)10-18-14(16)4-2/h4,11-13,15H,2-3,5-10H2,1H3. The first-order chi connectivity index (χ1) is 8.65. The zero-order valence-corrected chi connectivity index (χ0v) is 11.1. The second-order valence-electron chi connectivity index (χ2n) is 4.87. The van der Waals surface area contributed by atoms with Crippen molar-refractivity contribution in [1.82, 2.24) is 0 Å². The minimum Gasteiger partial charge on any atom is -0.460 e. The molecule has 0 saturated heterocycles. The third-order valence-electron chi connectivity index (χ3n) is 3.48. The number of carbonyl (C=O) groups is 1. The lowest BCUT2D eigenvalue weighted by atomic mass is 9.86. The van der Waals surface area contributed by atoms with Crippen LogP contribution in [0.2, 0.25) is 0 Å². The monoisotopic (exact) mass is 256 g/mol. The van der Waals surface area contributed by atoms with Gasteiger partial charge in [0.05, 0.1) is 12.7 Å². The zero-order valence-electron chi connectivity index (χ0n) is 11.1. The Morgan fingerprint density at radius 2 is 2.06 bits per heavy atom. The maximum atomic E-state index is 10.8. The van der Waals surface area contributed by atoms with Crippen molar-refractivity contribution < 1.29 is 19.4 Å². The van der Waals surface area contributed by atoms with Crippen LogP contribution in [0.25, 0.3) is 0 Å². The van der Waals surface area contributed by atoms with Crippen LogP contribution in [-0.4, -0.2) is 36.5 Å². The van der Waals surface area contributed by atoms with Gasteiger partial charge in [-0.05, 0) is 31.6 Å². The van der Waals surface area contributed by atoms with Gasteiger partial charge in [-0.2, -0.15) is 0 Å². The van der Waals surface area contributed by atoms with Crippen LogP contribution in [0.5, 0.6) is 0 Å². The third kappa shape index (κ3) is 5.65. The fourth-order valence-corrected chi connectivity index (χ4v) is 2.24. The molecule has 104 valence electrons. The fraction of sp³-hybridized carbons (Fsp3) is 0.786. The van der Waals surface area contributed by atoms with Gasteiger partial charge in [0.15, 0.2) is 0 Å². The van der Waals surface area contributed by atoms with Crippen LogP contribution in [0.1, 0.15) is 39.0 Å². The maximum absolute atomic E-state index is 10.8. The van der Waals surface area contributed by atoms with Crippen LogP contribution in [0.4, 0.5) is 0 Å². The van der Waals surface area contributed by atoms with E-state index in [0.717, 1.165) is 24.8 Å². The molecule has 0 radical (unpaired) electrons. The first kappa shape index (κ1) is 15.2. The van der Waals surface area contributed by atoms with E-state index in [4.69, 9.17) is 9.47 Å². The summed E-state index contributed by atoms with van der Waals surface area (Å²) in [5, 5.41) is 9.59. The molecule has 0 bridgehead atoms. The first-order valence-electron chi connectivity index (χ1n) is 6.74. The lowest BCUT2D eigenvalue weighted by Crippen LogP contribution is -2.28. The van der Waals surface area contributed by atoms with Gasteiger partial charge in [0.25, 0.3) is 0 Å². The summed E-state index contributed by atoms with van der Waals surface area (Å²) in [7, 11) is 0. The summed E-state index contributed by atoms with van der Waals surface area (Å²) in [6, 6.07) is 0. The Hall–Kier alpha value is -0.870. The van der Waals surface area contributed by atoms with Crippen LogP contribution < -0.4 is 0 Å². The molecule has 1 saturated carbocycles. The Kier molecular flexibility index (Phi) is 6.98. The van der Waals surface area contributed by atoms with Crippen LogP contribution >= 0.6 is 0 Å². The molecule has 1 fully saturated rings. The first-order valence-corrected chi connectivity index (χ1v) is 6.74. The van der Waals surface area contributed by atoms with E-state index in [1.54, 1.807) is 0 Å². The van der Waals surface area contributed by atoms with E-state index >= 15 is 0 Å². The van der Waals surface area contributed by atoms with E-state index in [-0.39, 0.29) is 19.3 Å². The van der Waals surface area contributed by atoms with Gasteiger partial charge >= 0.3 is 5.97 Å². The van der Waals surface area contributed by atoms with Crippen molar-refractivity contribution in [2.24, 2.45) is 5.92 Å². The van der Waals surface area contributed by atoms with Crippen molar-refractivity contribution in [3.05, 3.63) is 12.7 Å². The van der Waals surface area contributed by atoms with Gasteiger partial charge < -0.3 is 14.6 Å².